The summed E-state index contributed by atoms with van der Waals surface area (Å²) in [7, 11) is -2.13. The van der Waals surface area contributed by atoms with Crippen LogP contribution in [0.25, 0.3) is 0 Å². The molecule has 12 heteroatoms. The van der Waals surface area contributed by atoms with Gasteiger partial charge in [-0.2, -0.15) is 0 Å². The molecule has 0 saturated carbocycles. The summed E-state index contributed by atoms with van der Waals surface area (Å²) in [4.78, 5) is 54.1. The summed E-state index contributed by atoms with van der Waals surface area (Å²) in [6.45, 7) is 20.8. The molecule has 50 heavy (non-hydrogen) atoms. The highest BCUT2D eigenvalue weighted by molar-refractivity contribution is 14.1. The molecule has 2 aromatic rings. The van der Waals surface area contributed by atoms with E-state index in [4.69, 9.17) is 9.16 Å². The lowest BCUT2D eigenvalue weighted by atomic mass is 9.91. The molecule has 1 fully saturated rings. The van der Waals surface area contributed by atoms with Crippen LogP contribution in [0.3, 0.4) is 0 Å². The van der Waals surface area contributed by atoms with Gasteiger partial charge in [0.2, 0.25) is 20.1 Å². The number of amides is 3. The zero-order valence-electron chi connectivity index (χ0n) is 31.4. The predicted molar refractivity (Wildman–Crippen MR) is 208 cm³/mol. The SMILES string of the molecule is CC(C)[C@H](CC(=O)OC(C)(C)C)C(=O)N[C@@H](Cc1cccc(O[Si](C)(C)C(C)(C)C)c1)C(=O)N1CCC[C@@H](C(=O)NCc2cccc(I)c2)N1. The fraction of sp³-hybridized carbons (Fsp3) is 0.579. The fourth-order valence-corrected chi connectivity index (χ4v) is 7.00. The van der Waals surface area contributed by atoms with Gasteiger partial charge in [0.1, 0.15) is 23.4 Å². The highest BCUT2D eigenvalue weighted by Gasteiger charge is 2.39. The minimum absolute atomic E-state index is 0.00204. The quantitative estimate of drug-likeness (QED) is 0.120. The predicted octanol–water partition coefficient (Wildman–Crippen LogP) is 6.52. The number of halogens is 1. The summed E-state index contributed by atoms with van der Waals surface area (Å²) in [6.07, 6.45) is 1.27. The van der Waals surface area contributed by atoms with Crippen molar-refractivity contribution in [3.8, 4) is 5.75 Å². The van der Waals surface area contributed by atoms with Gasteiger partial charge < -0.3 is 19.8 Å². The van der Waals surface area contributed by atoms with Gasteiger partial charge in [0.15, 0.2) is 0 Å². The number of esters is 1. The lowest BCUT2D eigenvalue weighted by molar-refractivity contribution is -0.158. The van der Waals surface area contributed by atoms with Crippen molar-refractivity contribution in [2.24, 2.45) is 11.8 Å². The second kappa shape index (κ2) is 17.5. The Morgan fingerprint density at radius 3 is 2.28 bits per heavy atom. The van der Waals surface area contributed by atoms with E-state index in [1.165, 1.54) is 5.01 Å². The standard InChI is InChI=1S/C38H57IN4O6Si/c1-25(2)30(23-33(44)48-37(3,4)5)34(45)41-32(22-26-14-12-17-29(21-26)49-50(9,10)38(6,7)8)36(47)43-19-13-18-31(42-43)35(46)40-24-27-15-11-16-28(39)20-27/h11-12,14-17,20-21,25,30-32,42H,13,18-19,22-24H2,1-10H3,(H,40,46)(H,41,45)/t30-,31-,32-/m0/s1. The molecule has 0 radical (unpaired) electrons. The van der Waals surface area contributed by atoms with Crippen LogP contribution in [0.2, 0.25) is 18.1 Å². The molecule has 3 rings (SSSR count). The summed E-state index contributed by atoms with van der Waals surface area (Å²) < 4.78 is 13.2. The number of nitrogens with one attached hydrogen (secondary N) is 3. The Labute approximate surface area is 313 Å². The summed E-state index contributed by atoms with van der Waals surface area (Å²) in [6, 6.07) is 14.0. The van der Waals surface area contributed by atoms with Crippen LogP contribution in [0.1, 0.15) is 85.8 Å². The molecule has 1 aliphatic rings. The minimum Gasteiger partial charge on any atom is -0.543 e. The lowest BCUT2D eigenvalue weighted by Gasteiger charge is -2.37. The van der Waals surface area contributed by atoms with Crippen LogP contribution >= 0.6 is 22.6 Å². The Bertz CT molecular complexity index is 1500. The van der Waals surface area contributed by atoms with E-state index in [9.17, 15) is 19.2 Å². The Kier molecular flexibility index (Phi) is 14.5. The van der Waals surface area contributed by atoms with Crippen molar-refractivity contribution in [1.29, 1.82) is 0 Å². The van der Waals surface area contributed by atoms with Crippen LogP contribution in [0, 0.1) is 15.4 Å². The summed E-state index contributed by atoms with van der Waals surface area (Å²) in [5.74, 6) is -1.60. The third kappa shape index (κ3) is 12.7. The maximum Gasteiger partial charge on any atom is 0.307 e. The molecule has 276 valence electrons. The first-order valence-electron chi connectivity index (χ1n) is 17.5. The number of rotatable bonds is 13. The van der Waals surface area contributed by atoms with E-state index in [-0.39, 0.29) is 35.6 Å². The Morgan fingerprint density at radius 1 is 1.00 bits per heavy atom. The van der Waals surface area contributed by atoms with Crippen molar-refractivity contribution in [2.45, 2.75) is 123 Å². The van der Waals surface area contributed by atoms with E-state index >= 15 is 0 Å². The number of carbonyl (C=O) groups is 4. The molecule has 1 heterocycles. The molecule has 1 aliphatic heterocycles. The number of nitrogens with zero attached hydrogens (tertiary/aromatic N) is 1. The van der Waals surface area contributed by atoms with Crippen LogP contribution < -0.4 is 20.5 Å². The number of hydrogen-bond acceptors (Lipinski definition) is 7. The van der Waals surface area contributed by atoms with Crippen LogP contribution in [-0.2, 0) is 36.9 Å². The molecular formula is C38H57IN4O6Si. The molecule has 0 unspecified atom stereocenters. The highest BCUT2D eigenvalue weighted by atomic mass is 127. The minimum atomic E-state index is -2.13. The van der Waals surface area contributed by atoms with Gasteiger partial charge in [-0.3, -0.25) is 24.2 Å². The van der Waals surface area contributed by atoms with Crippen molar-refractivity contribution in [2.75, 3.05) is 6.54 Å². The van der Waals surface area contributed by atoms with Crippen LogP contribution in [0.5, 0.6) is 5.75 Å². The topological polar surface area (TPSA) is 126 Å². The molecule has 0 aliphatic carbocycles. The summed E-state index contributed by atoms with van der Waals surface area (Å²) >= 11 is 2.24. The first-order chi connectivity index (χ1) is 23.1. The Balaban J connectivity index is 1.84. The van der Waals surface area contributed by atoms with E-state index in [1.54, 1.807) is 20.8 Å². The van der Waals surface area contributed by atoms with Crippen LogP contribution in [0.15, 0.2) is 48.5 Å². The van der Waals surface area contributed by atoms with Gasteiger partial charge in [0.05, 0.1) is 12.3 Å². The summed E-state index contributed by atoms with van der Waals surface area (Å²) in [5, 5.41) is 7.43. The van der Waals surface area contributed by atoms with Crippen molar-refractivity contribution in [3.05, 3.63) is 63.2 Å². The number of benzene rings is 2. The Morgan fingerprint density at radius 2 is 1.66 bits per heavy atom. The second-order valence-corrected chi connectivity index (χ2v) is 22.0. The average molecular weight is 821 g/mol. The molecular weight excluding hydrogens is 763 g/mol. The van der Waals surface area contributed by atoms with E-state index in [1.807, 2.05) is 62.4 Å². The zero-order valence-corrected chi connectivity index (χ0v) is 34.6. The average Bonchev–Trinajstić information content (AvgIpc) is 3.00. The molecule has 0 bridgehead atoms. The summed E-state index contributed by atoms with van der Waals surface area (Å²) in [5.41, 5.74) is 4.25. The van der Waals surface area contributed by atoms with E-state index in [0.29, 0.717) is 25.9 Å². The van der Waals surface area contributed by atoms with E-state index in [0.717, 1.165) is 20.4 Å². The molecule has 3 atom stereocenters. The fourth-order valence-electron chi connectivity index (χ4n) is 5.37. The monoisotopic (exact) mass is 820 g/mol. The third-order valence-electron chi connectivity index (χ3n) is 9.20. The van der Waals surface area contributed by atoms with Gasteiger partial charge >= 0.3 is 5.97 Å². The highest BCUT2D eigenvalue weighted by Crippen LogP contribution is 2.37. The van der Waals surface area contributed by atoms with Crippen molar-refractivity contribution < 1.29 is 28.3 Å². The van der Waals surface area contributed by atoms with Gasteiger partial charge in [-0.05, 0) is 116 Å². The maximum absolute atomic E-state index is 14.3. The molecule has 2 aromatic carbocycles. The normalized spacial score (nSPS) is 16.7. The third-order valence-corrected chi connectivity index (χ3v) is 14.2. The van der Waals surface area contributed by atoms with Crippen molar-refractivity contribution in [3.63, 3.8) is 0 Å². The molecule has 10 nitrogen and oxygen atoms in total. The van der Waals surface area contributed by atoms with Gasteiger partial charge in [0, 0.05) is 23.1 Å². The van der Waals surface area contributed by atoms with Gasteiger partial charge in [-0.15, -0.1) is 0 Å². The van der Waals surface area contributed by atoms with Gasteiger partial charge in [0.25, 0.3) is 5.91 Å². The smallest absolute Gasteiger partial charge is 0.307 e. The Hall–Kier alpha value is -2.97. The molecule has 0 aromatic heterocycles. The zero-order chi connectivity index (χ0) is 37.4. The largest absolute Gasteiger partial charge is 0.543 e. The number of carbonyl (C=O) groups excluding carboxylic acids is 4. The first kappa shape index (κ1) is 41.4. The van der Waals surface area contributed by atoms with Gasteiger partial charge in [-0.1, -0.05) is 58.9 Å². The van der Waals surface area contributed by atoms with Crippen LogP contribution in [0.4, 0.5) is 0 Å². The second-order valence-electron chi connectivity index (χ2n) is 16.1. The number of hydrazine groups is 1. The van der Waals surface area contributed by atoms with E-state index < -0.39 is 43.8 Å². The molecule has 3 N–H and O–H groups in total. The first-order valence-corrected chi connectivity index (χ1v) is 21.5. The number of ether oxygens (including phenoxy) is 1. The maximum atomic E-state index is 14.3. The van der Waals surface area contributed by atoms with Crippen LogP contribution in [-0.4, -0.2) is 61.2 Å². The van der Waals surface area contributed by atoms with Gasteiger partial charge in [-0.25, -0.2) is 5.43 Å². The van der Waals surface area contributed by atoms with E-state index in [2.05, 4.69) is 72.5 Å². The van der Waals surface area contributed by atoms with Crippen molar-refractivity contribution >= 4 is 54.6 Å². The molecule has 0 spiro atoms. The number of hydrogen-bond donors (Lipinski definition) is 3. The molecule has 1 saturated heterocycles. The molecule has 3 amide bonds. The van der Waals surface area contributed by atoms with Crippen molar-refractivity contribution in [1.82, 2.24) is 21.1 Å². The lowest BCUT2D eigenvalue weighted by Crippen LogP contribution is -2.61.